The largest absolute Gasteiger partial charge is 0.455 e. The van der Waals surface area contributed by atoms with Crippen LogP contribution >= 0.6 is 0 Å². The van der Waals surface area contributed by atoms with E-state index in [4.69, 9.17) is 4.42 Å². The third kappa shape index (κ3) is 5.48. The van der Waals surface area contributed by atoms with Gasteiger partial charge in [0.25, 0.3) is 11.8 Å². The number of hydrogen-bond donors (Lipinski definition) is 3. The molecule has 230 valence electrons. The molecule has 45 heavy (non-hydrogen) atoms. The Bertz CT molecular complexity index is 1910. The molecule has 6 rings (SSSR count). The van der Waals surface area contributed by atoms with E-state index in [1.54, 1.807) is 37.6 Å². The first-order valence-electron chi connectivity index (χ1n) is 15.1. The summed E-state index contributed by atoms with van der Waals surface area (Å²) in [6, 6.07) is 15.4. The number of amides is 2. The number of aliphatic hydroxyl groups excluding tert-OH is 1. The number of nitrogens with one attached hydrogen (secondary N) is 2. The van der Waals surface area contributed by atoms with Crippen molar-refractivity contribution in [1.29, 1.82) is 0 Å². The van der Waals surface area contributed by atoms with E-state index in [1.165, 1.54) is 12.1 Å². The third-order valence-corrected chi connectivity index (χ3v) is 8.61. The highest BCUT2D eigenvalue weighted by Gasteiger charge is 2.48. The maximum atomic E-state index is 13.9. The summed E-state index contributed by atoms with van der Waals surface area (Å²) in [5.41, 5.74) is 5.71. The third-order valence-electron chi connectivity index (χ3n) is 8.61. The Morgan fingerprint density at radius 2 is 1.71 bits per heavy atom. The van der Waals surface area contributed by atoms with Crippen molar-refractivity contribution in [2.24, 2.45) is 0 Å². The predicted molar refractivity (Wildman–Crippen MR) is 170 cm³/mol. The number of hydrogen-bond acceptors (Lipinski definition) is 6. The Morgan fingerprint density at radius 1 is 1.00 bits per heavy atom. The van der Waals surface area contributed by atoms with Crippen molar-refractivity contribution in [3.8, 4) is 22.5 Å². The molecule has 9 heteroatoms. The van der Waals surface area contributed by atoms with E-state index in [2.05, 4.69) is 27.5 Å². The van der Waals surface area contributed by atoms with Gasteiger partial charge in [0.2, 0.25) is 0 Å². The number of nitrogens with zero attached hydrogens (tertiary/aromatic N) is 2. The maximum absolute atomic E-state index is 13.9. The van der Waals surface area contributed by atoms with E-state index in [1.807, 2.05) is 38.1 Å². The van der Waals surface area contributed by atoms with E-state index in [-0.39, 0.29) is 17.6 Å². The topological polar surface area (TPSA) is 117 Å². The molecular weight excluding hydrogens is 571 g/mol. The minimum atomic E-state index is -0.850. The van der Waals surface area contributed by atoms with E-state index >= 15 is 0 Å². The van der Waals surface area contributed by atoms with Crippen molar-refractivity contribution < 1.29 is 23.5 Å². The lowest BCUT2D eigenvalue weighted by molar-refractivity contribution is -0.00345. The molecule has 0 unspecified atom stereocenters. The highest BCUT2D eigenvalue weighted by Crippen LogP contribution is 2.42. The number of carbonyl (C=O) groups is 2. The van der Waals surface area contributed by atoms with Crippen LogP contribution in [0, 0.1) is 19.7 Å². The normalized spacial score (nSPS) is 17.6. The van der Waals surface area contributed by atoms with Gasteiger partial charge in [0, 0.05) is 48.8 Å². The first-order chi connectivity index (χ1) is 21.6. The number of carbonyl (C=O) groups excluding carboxylic acids is 2. The minimum absolute atomic E-state index is 0.279. The standard InChI is InChI=1S/C36H35FN4O4/c1-5-7-23-15-30-29(31(34(44)38-4)32(45-30)22-8-10-24(37)11-9-22)17-28(23)26-16-27(21(3)14-20(26)2)33(43)41-36(18-25(42)19-36)35-39-12-6-13-40-35/h6,8-17,25,42H,5,7,18-19H2,1-4H3,(H,38,44)(H,41,43). The summed E-state index contributed by atoms with van der Waals surface area (Å²) in [5, 5.41) is 16.7. The van der Waals surface area contributed by atoms with Gasteiger partial charge in [0.05, 0.1) is 11.7 Å². The Kier molecular flexibility index (Phi) is 7.97. The van der Waals surface area contributed by atoms with Crippen molar-refractivity contribution >= 4 is 22.8 Å². The lowest BCUT2D eigenvalue weighted by atomic mass is 9.73. The molecule has 0 saturated heterocycles. The molecule has 3 aromatic carbocycles. The van der Waals surface area contributed by atoms with Crippen LogP contribution in [0.4, 0.5) is 4.39 Å². The Morgan fingerprint density at radius 3 is 2.36 bits per heavy atom. The molecule has 0 spiro atoms. The van der Waals surface area contributed by atoms with Gasteiger partial charge < -0.3 is 20.2 Å². The van der Waals surface area contributed by atoms with Crippen LogP contribution in [-0.4, -0.2) is 40.0 Å². The Hall–Kier alpha value is -4.89. The molecule has 5 aromatic rings. The van der Waals surface area contributed by atoms with Crippen LogP contribution in [-0.2, 0) is 12.0 Å². The van der Waals surface area contributed by atoms with Gasteiger partial charge in [0.15, 0.2) is 5.82 Å². The second-order valence-corrected chi connectivity index (χ2v) is 11.8. The van der Waals surface area contributed by atoms with Crippen LogP contribution in [0.2, 0.25) is 0 Å². The van der Waals surface area contributed by atoms with Gasteiger partial charge in [0.1, 0.15) is 22.7 Å². The molecule has 2 aromatic heterocycles. The second kappa shape index (κ2) is 11.9. The average molecular weight is 607 g/mol. The molecule has 0 atom stereocenters. The Labute approximate surface area is 260 Å². The maximum Gasteiger partial charge on any atom is 0.255 e. The molecule has 0 bridgehead atoms. The molecule has 0 radical (unpaired) electrons. The van der Waals surface area contributed by atoms with Crippen molar-refractivity contribution in [3.63, 3.8) is 0 Å². The molecule has 1 fully saturated rings. The zero-order valence-electron chi connectivity index (χ0n) is 25.7. The highest BCUT2D eigenvalue weighted by molar-refractivity contribution is 6.12. The van der Waals surface area contributed by atoms with Gasteiger partial charge >= 0.3 is 0 Å². The summed E-state index contributed by atoms with van der Waals surface area (Å²) >= 11 is 0. The number of rotatable bonds is 8. The highest BCUT2D eigenvalue weighted by atomic mass is 19.1. The molecule has 0 aliphatic heterocycles. The quantitative estimate of drug-likeness (QED) is 0.188. The smallest absolute Gasteiger partial charge is 0.255 e. The van der Waals surface area contributed by atoms with Crippen LogP contribution < -0.4 is 10.6 Å². The van der Waals surface area contributed by atoms with Gasteiger partial charge in [-0.15, -0.1) is 0 Å². The summed E-state index contributed by atoms with van der Waals surface area (Å²) in [5.74, 6) is -0.142. The summed E-state index contributed by atoms with van der Waals surface area (Å²) in [4.78, 5) is 35.9. The fourth-order valence-corrected chi connectivity index (χ4v) is 6.37. The number of benzene rings is 3. The SMILES string of the molecule is CCCc1cc2oc(-c3ccc(F)cc3)c(C(=O)NC)c2cc1-c1cc(C(=O)NC2(c3ncccn3)CC(O)C2)c(C)cc1C. The van der Waals surface area contributed by atoms with Gasteiger partial charge in [-0.2, -0.15) is 0 Å². The predicted octanol–water partition coefficient (Wildman–Crippen LogP) is 6.40. The van der Waals surface area contributed by atoms with Crippen molar-refractivity contribution in [3.05, 3.63) is 106 Å². The molecule has 3 N–H and O–H groups in total. The lowest BCUT2D eigenvalue weighted by Gasteiger charge is -2.44. The summed E-state index contributed by atoms with van der Waals surface area (Å²) in [6.45, 7) is 6.00. The van der Waals surface area contributed by atoms with Crippen molar-refractivity contribution in [2.75, 3.05) is 7.05 Å². The summed E-state index contributed by atoms with van der Waals surface area (Å²) < 4.78 is 20.0. The fourth-order valence-electron chi connectivity index (χ4n) is 6.37. The van der Waals surface area contributed by atoms with Gasteiger partial charge in [-0.1, -0.05) is 19.4 Å². The lowest BCUT2D eigenvalue weighted by Crippen LogP contribution is -2.57. The minimum Gasteiger partial charge on any atom is -0.455 e. The van der Waals surface area contributed by atoms with Crippen LogP contribution in [0.1, 0.15) is 69.4 Å². The molecule has 8 nitrogen and oxygen atoms in total. The number of furan rings is 1. The van der Waals surface area contributed by atoms with Gasteiger partial charge in [-0.3, -0.25) is 9.59 Å². The van der Waals surface area contributed by atoms with Crippen LogP contribution in [0.3, 0.4) is 0 Å². The van der Waals surface area contributed by atoms with Crippen LogP contribution in [0.15, 0.2) is 71.4 Å². The van der Waals surface area contributed by atoms with Gasteiger partial charge in [-0.05, 0) is 96.6 Å². The summed E-state index contributed by atoms with van der Waals surface area (Å²) in [7, 11) is 1.56. The Balaban J connectivity index is 1.48. The zero-order chi connectivity index (χ0) is 31.9. The molecule has 1 saturated carbocycles. The molecule has 1 aliphatic rings. The van der Waals surface area contributed by atoms with Gasteiger partial charge in [-0.25, -0.2) is 14.4 Å². The van der Waals surface area contributed by atoms with E-state index in [0.717, 1.165) is 40.7 Å². The fraction of sp³-hybridized carbons (Fsp3) is 0.278. The van der Waals surface area contributed by atoms with E-state index < -0.39 is 11.6 Å². The molecule has 1 aliphatic carbocycles. The molecular formula is C36H35FN4O4. The van der Waals surface area contributed by atoms with Crippen molar-refractivity contribution in [1.82, 2.24) is 20.6 Å². The number of aromatic nitrogens is 2. The second-order valence-electron chi connectivity index (χ2n) is 11.8. The van der Waals surface area contributed by atoms with Crippen LogP contribution in [0.25, 0.3) is 33.4 Å². The number of aliphatic hydroxyl groups is 1. The zero-order valence-corrected chi connectivity index (χ0v) is 25.7. The molecule has 2 heterocycles. The number of fused-ring (bicyclic) bond motifs is 1. The first-order valence-corrected chi connectivity index (χ1v) is 15.1. The average Bonchev–Trinajstić information content (AvgIpc) is 3.38. The molecule has 2 amide bonds. The summed E-state index contributed by atoms with van der Waals surface area (Å²) in [6.07, 6.45) is 4.99. The van der Waals surface area contributed by atoms with E-state index in [9.17, 15) is 19.1 Å². The number of halogens is 1. The van der Waals surface area contributed by atoms with Crippen LogP contribution in [0.5, 0.6) is 0 Å². The van der Waals surface area contributed by atoms with Crippen molar-refractivity contribution in [2.45, 2.75) is 58.1 Å². The monoisotopic (exact) mass is 606 g/mol. The number of aryl methyl sites for hydroxylation is 3. The van der Waals surface area contributed by atoms with E-state index in [0.29, 0.717) is 52.1 Å². The first kappa shape index (κ1) is 30.1.